The fourth-order valence-electron chi connectivity index (χ4n) is 4.34. The van der Waals surface area contributed by atoms with Gasteiger partial charge >= 0.3 is 0 Å². The highest BCUT2D eigenvalue weighted by Crippen LogP contribution is 2.36. The second-order valence-corrected chi connectivity index (χ2v) is 7.68. The molecule has 0 aliphatic carbocycles. The second kappa shape index (κ2) is 6.15. The van der Waals surface area contributed by atoms with Crippen molar-refractivity contribution >= 4 is 23.3 Å². The van der Waals surface area contributed by atoms with E-state index in [0.717, 1.165) is 28.4 Å². The summed E-state index contributed by atoms with van der Waals surface area (Å²) in [7, 11) is 0. The molecule has 1 aromatic carbocycles. The molecule has 4 heterocycles. The lowest BCUT2D eigenvalue weighted by molar-refractivity contribution is -0.140. The van der Waals surface area contributed by atoms with Crippen LogP contribution in [0.3, 0.4) is 0 Å². The number of rotatable bonds is 3. The molecule has 2 saturated heterocycles. The lowest BCUT2D eigenvalue weighted by Crippen LogP contribution is -2.36. The van der Waals surface area contributed by atoms with Gasteiger partial charge in [0, 0.05) is 30.9 Å². The van der Waals surface area contributed by atoms with Crippen molar-refractivity contribution in [3.8, 4) is 0 Å². The quantitative estimate of drug-likeness (QED) is 0.655. The number of amides is 2. The predicted molar refractivity (Wildman–Crippen MR) is 104 cm³/mol. The zero-order valence-corrected chi connectivity index (χ0v) is 15.9. The summed E-state index contributed by atoms with van der Waals surface area (Å²) in [4.78, 5) is 34.0. The Kier molecular flexibility index (Phi) is 3.72. The molecule has 2 unspecified atom stereocenters. The number of hydrogen-bond donors (Lipinski definition) is 0. The summed E-state index contributed by atoms with van der Waals surface area (Å²) in [6, 6.07) is 13.6. The third kappa shape index (κ3) is 2.58. The van der Waals surface area contributed by atoms with Crippen LogP contribution in [0.5, 0.6) is 0 Å². The number of aryl methyl sites for hydroxylation is 2. The van der Waals surface area contributed by atoms with Crippen molar-refractivity contribution in [2.75, 3.05) is 18.0 Å². The third-order valence-corrected chi connectivity index (χ3v) is 5.65. The molecule has 2 aliphatic rings. The minimum atomic E-state index is -0.295. The van der Waals surface area contributed by atoms with Crippen LogP contribution in [0.4, 0.5) is 5.82 Å². The Labute approximate surface area is 162 Å². The fourth-order valence-corrected chi connectivity index (χ4v) is 4.34. The molecule has 2 aromatic heterocycles. The summed E-state index contributed by atoms with van der Waals surface area (Å²) in [5.41, 5.74) is 3.54. The SMILES string of the molecule is Cc1cc(N2CC3C(=O)N(Cc4ccccc4)C(=O)C3C2)n2nc(C)cc2n1. The van der Waals surface area contributed by atoms with E-state index >= 15 is 0 Å². The van der Waals surface area contributed by atoms with Crippen LogP contribution in [0.25, 0.3) is 5.65 Å². The first-order valence-corrected chi connectivity index (χ1v) is 9.49. The number of aromatic nitrogens is 3. The average Bonchev–Trinajstić information content (AvgIpc) is 3.33. The van der Waals surface area contributed by atoms with Gasteiger partial charge in [-0.2, -0.15) is 9.61 Å². The molecule has 0 radical (unpaired) electrons. The Hall–Kier alpha value is -3.22. The second-order valence-electron chi connectivity index (χ2n) is 7.68. The number of benzene rings is 1. The number of anilines is 1. The molecule has 28 heavy (non-hydrogen) atoms. The van der Waals surface area contributed by atoms with Gasteiger partial charge in [0.2, 0.25) is 11.8 Å². The maximum absolute atomic E-state index is 13.0. The molecule has 3 aromatic rings. The molecule has 2 aliphatic heterocycles. The maximum atomic E-state index is 13.0. The predicted octanol–water partition coefficient (Wildman–Crippen LogP) is 1.97. The van der Waals surface area contributed by atoms with Crippen LogP contribution in [-0.4, -0.2) is 44.4 Å². The Morgan fingerprint density at radius 1 is 0.964 bits per heavy atom. The minimum absolute atomic E-state index is 0.0694. The first kappa shape index (κ1) is 16.9. The third-order valence-electron chi connectivity index (χ3n) is 5.65. The number of nitrogens with zero attached hydrogens (tertiary/aromatic N) is 5. The van der Waals surface area contributed by atoms with Crippen LogP contribution in [0.1, 0.15) is 17.0 Å². The average molecular weight is 375 g/mol. The summed E-state index contributed by atoms with van der Waals surface area (Å²) in [5.74, 6) is 0.160. The Morgan fingerprint density at radius 3 is 2.32 bits per heavy atom. The molecule has 7 heteroatoms. The highest BCUT2D eigenvalue weighted by atomic mass is 16.2. The summed E-state index contributed by atoms with van der Waals surface area (Å²) in [5, 5.41) is 4.53. The van der Waals surface area contributed by atoms with Gasteiger partial charge < -0.3 is 4.90 Å². The van der Waals surface area contributed by atoms with Crippen LogP contribution in [-0.2, 0) is 16.1 Å². The zero-order chi connectivity index (χ0) is 19.4. The van der Waals surface area contributed by atoms with Crippen molar-refractivity contribution in [2.24, 2.45) is 11.8 Å². The molecule has 0 bridgehead atoms. The van der Waals surface area contributed by atoms with Crippen molar-refractivity contribution in [2.45, 2.75) is 20.4 Å². The molecule has 2 amide bonds. The van der Waals surface area contributed by atoms with Crippen molar-refractivity contribution in [1.29, 1.82) is 0 Å². The molecule has 2 fully saturated rings. The normalized spacial score (nSPS) is 21.8. The van der Waals surface area contributed by atoms with Gasteiger partial charge in [0.25, 0.3) is 0 Å². The van der Waals surface area contributed by atoms with Gasteiger partial charge in [-0.05, 0) is 19.4 Å². The Morgan fingerprint density at radius 2 is 1.64 bits per heavy atom. The van der Waals surface area contributed by atoms with Gasteiger partial charge in [0.15, 0.2) is 5.65 Å². The van der Waals surface area contributed by atoms with E-state index in [2.05, 4.69) is 15.0 Å². The van der Waals surface area contributed by atoms with Gasteiger partial charge in [-0.25, -0.2) is 4.98 Å². The van der Waals surface area contributed by atoms with Gasteiger partial charge in [-0.1, -0.05) is 30.3 Å². The summed E-state index contributed by atoms with van der Waals surface area (Å²) in [6.07, 6.45) is 0. The van der Waals surface area contributed by atoms with E-state index in [1.54, 1.807) is 4.52 Å². The largest absolute Gasteiger partial charge is 0.355 e. The van der Waals surface area contributed by atoms with E-state index < -0.39 is 0 Å². The Bertz CT molecular complexity index is 1070. The highest BCUT2D eigenvalue weighted by Gasteiger charge is 2.52. The summed E-state index contributed by atoms with van der Waals surface area (Å²) < 4.78 is 1.81. The number of imide groups is 1. The minimum Gasteiger partial charge on any atom is -0.355 e. The van der Waals surface area contributed by atoms with Crippen LogP contribution >= 0.6 is 0 Å². The molecule has 2 atom stereocenters. The van der Waals surface area contributed by atoms with Gasteiger partial charge in [0.1, 0.15) is 5.82 Å². The number of likely N-dealkylation sites (tertiary alicyclic amines) is 1. The number of carbonyl (C=O) groups is 2. The smallest absolute Gasteiger partial charge is 0.235 e. The van der Waals surface area contributed by atoms with E-state index in [9.17, 15) is 9.59 Å². The first-order valence-electron chi connectivity index (χ1n) is 9.49. The molecule has 5 rings (SSSR count). The zero-order valence-electron chi connectivity index (χ0n) is 15.9. The van der Waals surface area contributed by atoms with Crippen LogP contribution in [0, 0.1) is 25.7 Å². The van der Waals surface area contributed by atoms with E-state index in [1.165, 1.54) is 4.90 Å². The molecular weight excluding hydrogens is 354 g/mol. The monoisotopic (exact) mass is 375 g/mol. The van der Waals surface area contributed by atoms with Crippen LogP contribution in [0.2, 0.25) is 0 Å². The molecule has 142 valence electrons. The van der Waals surface area contributed by atoms with Gasteiger partial charge in [-0.15, -0.1) is 0 Å². The topological polar surface area (TPSA) is 70.8 Å². The van der Waals surface area contributed by atoms with E-state index in [0.29, 0.717) is 19.6 Å². The first-order chi connectivity index (χ1) is 13.5. The van der Waals surface area contributed by atoms with Crippen molar-refractivity contribution in [1.82, 2.24) is 19.5 Å². The van der Waals surface area contributed by atoms with Gasteiger partial charge in [-0.3, -0.25) is 14.5 Å². The van der Waals surface area contributed by atoms with E-state index in [-0.39, 0.29) is 23.7 Å². The van der Waals surface area contributed by atoms with Crippen molar-refractivity contribution in [3.05, 3.63) is 59.4 Å². The maximum Gasteiger partial charge on any atom is 0.235 e. The standard InChI is InChI=1S/C21H21N5O2/c1-13-9-19(26-18(22-13)8-14(2)23-26)24-11-16-17(12-24)21(28)25(20(16)27)10-15-6-4-3-5-7-15/h3-9,16-17H,10-12H2,1-2H3. The molecular formula is C21H21N5O2. The summed E-state index contributed by atoms with van der Waals surface area (Å²) in [6.45, 7) is 5.28. The van der Waals surface area contributed by atoms with Crippen LogP contribution in [0.15, 0.2) is 42.5 Å². The molecule has 7 nitrogen and oxygen atoms in total. The van der Waals surface area contributed by atoms with Crippen molar-refractivity contribution in [3.63, 3.8) is 0 Å². The molecule has 0 saturated carbocycles. The number of carbonyl (C=O) groups excluding carboxylic acids is 2. The fraction of sp³-hybridized carbons (Fsp3) is 0.333. The van der Waals surface area contributed by atoms with E-state index in [4.69, 9.17) is 0 Å². The Balaban J connectivity index is 1.42. The lowest BCUT2D eigenvalue weighted by atomic mass is 10.00. The molecule has 0 N–H and O–H groups in total. The summed E-state index contributed by atoms with van der Waals surface area (Å²) >= 11 is 0. The van der Waals surface area contributed by atoms with E-state index in [1.807, 2.05) is 56.3 Å². The highest BCUT2D eigenvalue weighted by molar-refractivity contribution is 6.06. The lowest BCUT2D eigenvalue weighted by Gasteiger charge is -2.23. The van der Waals surface area contributed by atoms with Crippen LogP contribution < -0.4 is 4.90 Å². The number of fused-ring (bicyclic) bond motifs is 2. The molecule has 0 spiro atoms. The number of hydrogen-bond acceptors (Lipinski definition) is 5. The van der Waals surface area contributed by atoms with Crippen molar-refractivity contribution < 1.29 is 9.59 Å². The van der Waals surface area contributed by atoms with Gasteiger partial charge in [0.05, 0.1) is 24.1 Å².